The first-order chi connectivity index (χ1) is 19.3. The zero-order valence-corrected chi connectivity index (χ0v) is 21.3. The zero-order valence-electron chi connectivity index (χ0n) is 21.3. The van der Waals surface area contributed by atoms with Gasteiger partial charge in [-0.2, -0.15) is 0 Å². The van der Waals surface area contributed by atoms with E-state index in [0.29, 0.717) is 5.39 Å². The van der Waals surface area contributed by atoms with Gasteiger partial charge in [-0.1, -0.05) is 72.8 Å². The number of para-hydroxylation sites is 1. The van der Waals surface area contributed by atoms with Gasteiger partial charge in [0, 0.05) is 22.7 Å². The van der Waals surface area contributed by atoms with Crippen LogP contribution >= 0.6 is 0 Å². The summed E-state index contributed by atoms with van der Waals surface area (Å²) in [6.07, 6.45) is 8.71. The topological polar surface area (TPSA) is 34.9 Å². The van der Waals surface area contributed by atoms with Gasteiger partial charge in [0.15, 0.2) is 0 Å². The zero-order chi connectivity index (χ0) is 25.9. The molecule has 3 heteroatoms. The average molecular weight is 501 g/mol. The minimum atomic E-state index is -0.0348. The molecular formula is C36H24N2O. The Labute approximate surface area is 224 Å². The summed E-state index contributed by atoms with van der Waals surface area (Å²) in [5.74, 6) is 0. The SMILES string of the molecule is O=c1c2ccc(-c3ccc4c(c3)c3c(c5ccccc54)=CCCC=3)cc2c2ncccc2n1-c1ccccc1. The van der Waals surface area contributed by atoms with E-state index in [1.54, 1.807) is 10.8 Å². The van der Waals surface area contributed by atoms with E-state index in [1.165, 1.54) is 32.0 Å². The van der Waals surface area contributed by atoms with Crippen LogP contribution in [0.15, 0.2) is 114 Å². The van der Waals surface area contributed by atoms with Gasteiger partial charge in [0.1, 0.15) is 0 Å². The summed E-state index contributed by atoms with van der Waals surface area (Å²) < 4.78 is 1.77. The molecule has 39 heavy (non-hydrogen) atoms. The Balaban J connectivity index is 1.41. The van der Waals surface area contributed by atoms with E-state index in [2.05, 4.69) is 66.7 Å². The summed E-state index contributed by atoms with van der Waals surface area (Å²) in [6.45, 7) is 0. The van der Waals surface area contributed by atoms with Crippen LogP contribution in [-0.4, -0.2) is 9.55 Å². The summed E-state index contributed by atoms with van der Waals surface area (Å²) >= 11 is 0. The summed E-state index contributed by atoms with van der Waals surface area (Å²) in [7, 11) is 0. The normalized spacial score (nSPS) is 12.9. The molecule has 0 fully saturated rings. The van der Waals surface area contributed by atoms with E-state index in [9.17, 15) is 4.79 Å². The lowest BCUT2D eigenvalue weighted by molar-refractivity contribution is 1.06. The first-order valence-electron chi connectivity index (χ1n) is 13.4. The summed E-state index contributed by atoms with van der Waals surface area (Å²) in [5.41, 5.74) is 4.65. The maximum absolute atomic E-state index is 13.8. The first kappa shape index (κ1) is 22.0. The standard InChI is InChI=1S/C36H24N2O/c39-36-31-19-17-24(22-33(31)35-34(15-8-20-37-35)38(36)25-9-2-1-3-10-25)23-16-18-30-28-13-5-4-11-26(28)27-12-6-7-14-29(27)32(30)21-23/h1-5,8-22H,6-7H2. The Morgan fingerprint density at radius 2 is 1.21 bits per heavy atom. The molecule has 5 aromatic carbocycles. The Morgan fingerprint density at radius 1 is 0.564 bits per heavy atom. The number of hydrogen-bond donors (Lipinski definition) is 0. The largest absolute Gasteiger partial charge is 0.275 e. The molecule has 0 bridgehead atoms. The fraction of sp³-hybridized carbons (Fsp3) is 0.0556. The van der Waals surface area contributed by atoms with Crippen LogP contribution in [0.4, 0.5) is 0 Å². The maximum Gasteiger partial charge on any atom is 0.263 e. The number of fused-ring (bicyclic) bond motifs is 9. The Hall–Kier alpha value is -5.02. The van der Waals surface area contributed by atoms with Gasteiger partial charge in [0.05, 0.1) is 11.0 Å². The number of hydrogen-bond acceptors (Lipinski definition) is 2. The van der Waals surface area contributed by atoms with Crippen LogP contribution in [-0.2, 0) is 0 Å². The Kier molecular flexibility index (Phi) is 4.80. The highest BCUT2D eigenvalue weighted by atomic mass is 16.1. The molecule has 0 N–H and O–H groups in total. The fourth-order valence-corrected chi connectivity index (χ4v) is 6.27. The van der Waals surface area contributed by atoms with Crippen molar-refractivity contribution in [3.8, 4) is 16.8 Å². The smallest absolute Gasteiger partial charge is 0.263 e. The van der Waals surface area contributed by atoms with Gasteiger partial charge in [-0.3, -0.25) is 14.3 Å². The van der Waals surface area contributed by atoms with Crippen LogP contribution in [0.25, 0.3) is 72.3 Å². The minimum absolute atomic E-state index is 0.0348. The Morgan fingerprint density at radius 3 is 2.00 bits per heavy atom. The van der Waals surface area contributed by atoms with Crippen molar-refractivity contribution in [2.75, 3.05) is 0 Å². The van der Waals surface area contributed by atoms with E-state index >= 15 is 0 Å². The highest BCUT2D eigenvalue weighted by Gasteiger charge is 2.15. The molecule has 0 saturated carbocycles. The van der Waals surface area contributed by atoms with Crippen LogP contribution in [0.5, 0.6) is 0 Å². The number of pyridine rings is 2. The molecular weight excluding hydrogens is 476 g/mol. The average Bonchev–Trinajstić information content (AvgIpc) is 3.01. The highest BCUT2D eigenvalue weighted by Crippen LogP contribution is 2.31. The van der Waals surface area contributed by atoms with Crippen LogP contribution < -0.4 is 16.0 Å². The number of rotatable bonds is 2. The predicted octanol–water partition coefficient (Wildman–Crippen LogP) is 6.87. The maximum atomic E-state index is 13.8. The lowest BCUT2D eigenvalue weighted by Crippen LogP contribution is -2.28. The predicted molar refractivity (Wildman–Crippen MR) is 163 cm³/mol. The van der Waals surface area contributed by atoms with Crippen molar-refractivity contribution < 1.29 is 0 Å². The molecule has 0 spiro atoms. The van der Waals surface area contributed by atoms with E-state index < -0.39 is 0 Å². The second-order valence-corrected chi connectivity index (χ2v) is 10.2. The van der Waals surface area contributed by atoms with Gasteiger partial charge in [-0.05, 0) is 98.4 Å². The van der Waals surface area contributed by atoms with Gasteiger partial charge < -0.3 is 0 Å². The van der Waals surface area contributed by atoms with Crippen LogP contribution in [0.2, 0.25) is 0 Å². The molecule has 2 aromatic heterocycles. The molecule has 0 atom stereocenters. The first-order valence-corrected chi connectivity index (χ1v) is 13.4. The molecule has 1 aliphatic carbocycles. The molecule has 3 nitrogen and oxygen atoms in total. The monoisotopic (exact) mass is 500 g/mol. The van der Waals surface area contributed by atoms with Crippen LogP contribution in [0.3, 0.4) is 0 Å². The lowest BCUT2D eigenvalue weighted by Gasteiger charge is -2.14. The molecule has 0 amide bonds. The van der Waals surface area contributed by atoms with Gasteiger partial charge in [0.2, 0.25) is 0 Å². The third-order valence-electron chi connectivity index (χ3n) is 8.05. The van der Waals surface area contributed by atoms with E-state index in [0.717, 1.165) is 46.1 Å². The van der Waals surface area contributed by atoms with Crippen molar-refractivity contribution in [1.29, 1.82) is 0 Å². The summed E-state index contributed by atoms with van der Waals surface area (Å²) in [6, 6.07) is 35.3. The van der Waals surface area contributed by atoms with Crippen molar-refractivity contribution in [2.24, 2.45) is 0 Å². The van der Waals surface area contributed by atoms with E-state index in [-0.39, 0.29) is 5.56 Å². The fourth-order valence-electron chi connectivity index (χ4n) is 6.27. The van der Waals surface area contributed by atoms with Crippen molar-refractivity contribution in [3.05, 3.63) is 130 Å². The van der Waals surface area contributed by atoms with Crippen LogP contribution in [0, 0.1) is 0 Å². The van der Waals surface area contributed by atoms with Crippen molar-refractivity contribution in [2.45, 2.75) is 12.8 Å². The molecule has 0 aliphatic heterocycles. The molecule has 184 valence electrons. The molecule has 8 rings (SSSR count). The van der Waals surface area contributed by atoms with E-state index in [1.807, 2.05) is 48.5 Å². The number of aromatic nitrogens is 2. The molecule has 0 saturated heterocycles. The van der Waals surface area contributed by atoms with Gasteiger partial charge in [0.25, 0.3) is 5.56 Å². The van der Waals surface area contributed by atoms with Gasteiger partial charge >= 0.3 is 0 Å². The summed E-state index contributed by atoms with van der Waals surface area (Å²) in [5, 5.41) is 9.38. The summed E-state index contributed by atoms with van der Waals surface area (Å²) in [4.78, 5) is 18.5. The molecule has 1 aliphatic rings. The van der Waals surface area contributed by atoms with Crippen molar-refractivity contribution in [3.63, 3.8) is 0 Å². The quantitative estimate of drug-likeness (QED) is 0.243. The number of benzene rings is 5. The second-order valence-electron chi connectivity index (χ2n) is 10.2. The van der Waals surface area contributed by atoms with Gasteiger partial charge in [-0.15, -0.1) is 0 Å². The minimum Gasteiger partial charge on any atom is -0.275 e. The second kappa shape index (κ2) is 8.50. The Bertz CT molecular complexity index is 2300. The lowest BCUT2D eigenvalue weighted by atomic mass is 9.91. The third kappa shape index (κ3) is 3.30. The highest BCUT2D eigenvalue weighted by molar-refractivity contribution is 6.10. The van der Waals surface area contributed by atoms with E-state index in [4.69, 9.17) is 4.98 Å². The molecule has 0 radical (unpaired) electrons. The van der Waals surface area contributed by atoms with Gasteiger partial charge in [-0.25, -0.2) is 0 Å². The van der Waals surface area contributed by atoms with Crippen LogP contribution in [0.1, 0.15) is 12.8 Å². The number of nitrogens with zero attached hydrogens (tertiary/aromatic N) is 2. The third-order valence-corrected chi connectivity index (χ3v) is 8.05. The van der Waals surface area contributed by atoms with Crippen molar-refractivity contribution in [1.82, 2.24) is 9.55 Å². The van der Waals surface area contributed by atoms with Crippen molar-refractivity contribution >= 4 is 55.5 Å². The molecule has 2 heterocycles. The molecule has 0 unspecified atom stereocenters. The molecule has 7 aromatic rings.